The molecule has 0 unspecified atom stereocenters. The second kappa shape index (κ2) is 4.24. The van der Waals surface area contributed by atoms with Gasteiger partial charge in [0.2, 0.25) is 0 Å². The molecular weight excluding hydrogens is 210 g/mol. The van der Waals surface area contributed by atoms with Crippen molar-refractivity contribution in [2.45, 2.75) is 0 Å². The van der Waals surface area contributed by atoms with Crippen molar-refractivity contribution in [3.05, 3.63) is 54.4 Å². The molecular formula is C12H8ClNO. The van der Waals surface area contributed by atoms with Gasteiger partial charge in [-0.2, -0.15) is 0 Å². The molecule has 1 heterocycles. The zero-order valence-corrected chi connectivity index (χ0v) is 8.61. The standard InChI is InChI=1S/C12H8ClNO/c13-12(15)11-6-2-1-5-10(11)9-4-3-7-14-8-9/h1-8H. The van der Waals surface area contributed by atoms with E-state index in [0.29, 0.717) is 5.56 Å². The molecule has 2 aromatic rings. The zero-order valence-electron chi connectivity index (χ0n) is 7.85. The Bertz CT molecular complexity index is 482. The molecule has 0 saturated carbocycles. The number of pyridine rings is 1. The quantitative estimate of drug-likeness (QED) is 0.724. The van der Waals surface area contributed by atoms with Gasteiger partial charge in [0, 0.05) is 23.5 Å². The van der Waals surface area contributed by atoms with E-state index in [1.54, 1.807) is 24.5 Å². The van der Waals surface area contributed by atoms with E-state index in [9.17, 15) is 4.79 Å². The molecule has 0 saturated heterocycles. The number of halogens is 1. The van der Waals surface area contributed by atoms with Crippen molar-refractivity contribution in [1.29, 1.82) is 0 Å². The van der Waals surface area contributed by atoms with E-state index in [4.69, 9.17) is 11.6 Å². The fourth-order valence-corrected chi connectivity index (χ4v) is 1.59. The van der Waals surface area contributed by atoms with Gasteiger partial charge in [0.25, 0.3) is 5.24 Å². The van der Waals surface area contributed by atoms with Crippen LogP contribution in [0.4, 0.5) is 0 Å². The minimum Gasteiger partial charge on any atom is -0.276 e. The highest BCUT2D eigenvalue weighted by Crippen LogP contribution is 2.23. The number of hydrogen-bond acceptors (Lipinski definition) is 2. The van der Waals surface area contributed by atoms with Crippen LogP contribution in [0.3, 0.4) is 0 Å². The fourth-order valence-electron chi connectivity index (χ4n) is 1.43. The average Bonchev–Trinajstić information content (AvgIpc) is 2.30. The molecule has 0 aliphatic carbocycles. The fraction of sp³-hybridized carbons (Fsp3) is 0. The Morgan fingerprint density at radius 1 is 1.13 bits per heavy atom. The van der Waals surface area contributed by atoms with Gasteiger partial charge in [0.15, 0.2) is 0 Å². The molecule has 2 rings (SSSR count). The van der Waals surface area contributed by atoms with Gasteiger partial charge < -0.3 is 0 Å². The first-order valence-electron chi connectivity index (χ1n) is 4.48. The third-order valence-electron chi connectivity index (χ3n) is 2.11. The summed E-state index contributed by atoms with van der Waals surface area (Å²) < 4.78 is 0. The molecule has 1 aromatic heterocycles. The van der Waals surface area contributed by atoms with Crippen molar-refractivity contribution in [3.8, 4) is 11.1 Å². The summed E-state index contributed by atoms with van der Waals surface area (Å²) in [5.41, 5.74) is 2.21. The topological polar surface area (TPSA) is 30.0 Å². The van der Waals surface area contributed by atoms with Gasteiger partial charge in [0.05, 0.1) is 0 Å². The first-order chi connectivity index (χ1) is 7.29. The average molecular weight is 218 g/mol. The van der Waals surface area contributed by atoms with Crippen LogP contribution < -0.4 is 0 Å². The van der Waals surface area contributed by atoms with Crippen LogP contribution >= 0.6 is 11.6 Å². The van der Waals surface area contributed by atoms with Crippen LogP contribution in [0.2, 0.25) is 0 Å². The third-order valence-corrected chi connectivity index (χ3v) is 2.31. The predicted molar refractivity (Wildman–Crippen MR) is 59.9 cm³/mol. The Labute approximate surface area is 92.5 Å². The molecule has 0 N–H and O–H groups in total. The lowest BCUT2D eigenvalue weighted by Crippen LogP contribution is -1.93. The van der Waals surface area contributed by atoms with Crippen molar-refractivity contribution in [2.75, 3.05) is 0 Å². The van der Waals surface area contributed by atoms with Crippen molar-refractivity contribution in [3.63, 3.8) is 0 Å². The number of nitrogens with zero attached hydrogens (tertiary/aromatic N) is 1. The lowest BCUT2D eigenvalue weighted by Gasteiger charge is -2.04. The number of rotatable bonds is 2. The van der Waals surface area contributed by atoms with Crippen LogP contribution in [0.15, 0.2) is 48.8 Å². The van der Waals surface area contributed by atoms with Gasteiger partial charge in [-0.05, 0) is 29.3 Å². The van der Waals surface area contributed by atoms with Gasteiger partial charge in [-0.15, -0.1) is 0 Å². The molecule has 0 aliphatic heterocycles. The molecule has 3 heteroatoms. The lowest BCUT2D eigenvalue weighted by molar-refractivity contribution is 0.108. The highest BCUT2D eigenvalue weighted by atomic mass is 35.5. The van der Waals surface area contributed by atoms with Gasteiger partial charge in [-0.25, -0.2) is 0 Å². The Kier molecular flexibility index (Phi) is 2.79. The van der Waals surface area contributed by atoms with Crippen LogP contribution in [-0.2, 0) is 0 Å². The third kappa shape index (κ3) is 2.05. The molecule has 15 heavy (non-hydrogen) atoms. The molecule has 0 spiro atoms. The van der Waals surface area contributed by atoms with Gasteiger partial charge >= 0.3 is 0 Å². The maximum Gasteiger partial charge on any atom is 0.253 e. The molecule has 0 atom stereocenters. The number of aromatic nitrogens is 1. The minimum atomic E-state index is -0.450. The van der Waals surface area contributed by atoms with Crippen LogP contribution in [0.5, 0.6) is 0 Å². The first kappa shape index (κ1) is 9.87. The van der Waals surface area contributed by atoms with E-state index in [0.717, 1.165) is 11.1 Å². The summed E-state index contributed by atoms with van der Waals surface area (Å²) in [6, 6.07) is 10.9. The van der Waals surface area contributed by atoms with Gasteiger partial charge in [-0.3, -0.25) is 9.78 Å². The summed E-state index contributed by atoms with van der Waals surface area (Å²) in [7, 11) is 0. The van der Waals surface area contributed by atoms with Crippen LogP contribution in [0.25, 0.3) is 11.1 Å². The van der Waals surface area contributed by atoms with E-state index in [2.05, 4.69) is 4.98 Å². The molecule has 1 aromatic carbocycles. The molecule has 74 valence electrons. The summed E-state index contributed by atoms with van der Waals surface area (Å²) in [6.45, 7) is 0. The Morgan fingerprint density at radius 3 is 2.60 bits per heavy atom. The van der Waals surface area contributed by atoms with E-state index in [1.807, 2.05) is 24.3 Å². The van der Waals surface area contributed by atoms with Crippen LogP contribution in [0, 0.1) is 0 Å². The molecule has 0 fully saturated rings. The summed E-state index contributed by atoms with van der Waals surface area (Å²) in [4.78, 5) is 15.2. The maximum absolute atomic E-state index is 11.2. The molecule has 0 aliphatic rings. The molecule has 0 bridgehead atoms. The molecule has 0 radical (unpaired) electrons. The van der Waals surface area contributed by atoms with Crippen LogP contribution in [-0.4, -0.2) is 10.2 Å². The van der Waals surface area contributed by atoms with Crippen molar-refractivity contribution < 1.29 is 4.79 Å². The highest BCUT2D eigenvalue weighted by molar-refractivity contribution is 6.68. The summed E-state index contributed by atoms with van der Waals surface area (Å²) >= 11 is 5.50. The van der Waals surface area contributed by atoms with E-state index in [-0.39, 0.29) is 0 Å². The van der Waals surface area contributed by atoms with E-state index >= 15 is 0 Å². The zero-order chi connectivity index (χ0) is 10.7. The second-order valence-corrected chi connectivity index (χ2v) is 3.40. The first-order valence-corrected chi connectivity index (χ1v) is 4.86. The SMILES string of the molecule is O=C(Cl)c1ccccc1-c1cccnc1. The Balaban J connectivity index is 2.58. The molecule has 2 nitrogen and oxygen atoms in total. The predicted octanol–water partition coefficient (Wildman–Crippen LogP) is 3.13. The smallest absolute Gasteiger partial charge is 0.253 e. The second-order valence-electron chi connectivity index (χ2n) is 3.06. The number of carbonyl (C=O) groups excluding carboxylic acids is 1. The normalized spacial score (nSPS) is 9.93. The van der Waals surface area contributed by atoms with Gasteiger partial charge in [-0.1, -0.05) is 24.3 Å². The lowest BCUT2D eigenvalue weighted by atomic mass is 10.0. The maximum atomic E-state index is 11.2. The van der Waals surface area contributed by atoms with E-state index < -0.39 is 5.24 Å². The Hall–Kier alpha value is -1.67. The highest BCUT2D eigenvalue weighted by Gasteiger charge is 2.09. The van der Waals surface area contributed by atoms with Crippen molar-refractivity contribution in [2.24, 2.45) is 0 Å². The number of carbonyl (C=O) groups is 1. The van der Waals surface area contributed by atoms with Crippen LogP contribution in [0.1, 0.15) is 10.4 Å². The number of hydrogen-bond donors (Lipinski definition) is 0. The van der Waals surface area contributed by atoms with Crippen molar-refractivity contribution >= 4 is 16.8 Å². The summed E-state index contributed by atoms with van der Waals surface area (Å²) in [5, 5.41) is -0.450. The molecule has 0 amide bonds. The monoisotopic (exact) mass is 217 g/mol. The Morgan fingerprint density at radius 2 is 1.93 bits per heavy atom. The van der Waals surface area contributed by atoms with E-state index in [1.165, 1.54) is 0 Å². The minimum absolute atomic E-state index is 0.450. The number of benzene rings is 1. The van der Waals surface area contributed by atoms with Crippen molar-refractivity contribution in [1.82, 2.24) is 4.98 Å². The summed E-state index contributed by atoms with van der Waals surface area (Å²) in [5.74, 6) is 0. The summed E-state index contributed by atoms with van der Waals surface area (Å²) in [6.07, 6.45) is 3.40. The largest absolute Gasteiger partial charge is 0.276 e. The van der Waals surface area contributed by atoms with Gasteiger partial charge in [0.1, 0.15) is 0 Å².